The van der Waals surface area contributed by atoms with Crippen molar-refractivity contribution >= 4 is 29.7 Å². The minimum absolute atomic E-state index is 0.0218. The average Bonchev–Trinajstić information content (AvgIpc) is 3.43. The Labute approximate surface area is 240 Å². The van der Waals surface area contributed by atoms with Gasteiger partial charge in [-0.15, -0.1) is 0 Å². The summed E-state index contributed by atoms with van der Waals surface area (Å²) in [6, 6.07) is 0. The molecule has 10 nitrogen and oxygen atoms in total. The zero-order valence-electron chi connectivity index (χ0n) is 24.9. The van der Waals surface area contributed by atoms with Gasteiger partial charge in [0.25, 0.3) is 0 Å². The van der Waals surface area contributed by atoms with E-state index in [0.29, 0.717) is 17.6 Å². The van der Waals surface area contributed by atoms with Gasteiger partial charge < -0.3 is 24.1 Å². The molecule has 4 aliphatic rings. The molecule has 41 heavy (non-hydrogen) atoms. The van der Waals surface area contributed by atoms with E-state index >= 15 is 0 Å². The largest absolute Gasteiger partial charge is 0.465 e. The lowest BCUT2D eigenvalue weighted by Crippen LogP contribution is -2.66. The lowest BCUT2D eigenvalue weighted by atomic mass is 9.59. The Hall–Kier alpha value is -3.27. The van der Waals surface area contributed by atoms with Crippen molar-refractivity contribution in [2.75, 3.05) is 13.2 Å². The van der Waals surface area contributed by atoms with E-state index in [1.807, 2.05) is 13.8 Å². The Morgan fingerprint density at radius 2 is 1.66 bits per heavy atom. The average molecular weight is 573 g/mol. The molecule has 9 unspecified atom stereocenters. The third-order valence-electron chi connectivity index (χ3n) is 9.77. The highest BCUT2D eigenvalue weighted by Crippen LogP contribution is 2.72. The number of esters is 4. The Morgan fingerprint density at radius 3 is 2.22 bits per heavy atom. The molecule has 0 aromatic carbocycles. The first-order chi connectivity index (χ1) is 19.1. The standard InChI is InChI=1S/C31H40O10/c1-9-15(2)28(36)41-26-16(3)12-30-17(4)10-23-24(29(23,8)14-39-19(6)33)22(25(30)35)11-21(13-38-18(5)32)27(31(26,30)37)40-20(7)34/h9,11-12,17,22-24,26-27,37H,10,13-14H2,1-8H3. The molecule has 4 aliphatic carbocycles. The predicted octanol–water partition coefficient (Wildman–Crippen LogP) is 3.02. The van der Waals surface area contributed by atoms with Crippen LogP contribution in [0.25, 0.3) is 0 Å². The molecule has 0 radical (unpaired) electrons. The maximum Gasteiger partial charge on any atom is 0.334 e. The van der Waals surface area contributed by atoms with E-state index in [1.165, 1.54) is 20.8 Å². The van der Waals surface area contributed by atoms with Gasteiger partial charge in [0, 0.05) is 43.3 Å². The van der Waals surface area contributed by atoms with Gasteiger partial charge in [0.15, 0.2) is 23.6 Å². The molecule has 1 N–H and O–H groups in total. The van der Waals surface area contributed by atoms with E-state index in [0.717, 1.165) is 0 Å². The normalized spacial score (nSPS) is 39.1. The molecule has 0 aromatic rings. The summed E-state index contributed by atoms with van der Waals surface area (Å²) in [6.45, 7) is 12.3. The summed E-state index contributed by atoms with van der Waals surface area (Å²) >= 11 is 0. The molecule has 0 heterocycles. The van der Waals surface area contributed by atoms with Crippen molar-refractivity contribution in [3.8, 4) is 0 Å². The SMILES string of the molecule is CC=C(C)C(=O)OC1C(C)=CC23C(=O)C(C=C(COC(C)=O)C(OC(C)=O)C12O)C1C(CC3C)C1(C)COC(C)=O. The van der Waals surface area contributed by atoms with Crippen LogP contribution >= 0.6 is 0 Å². The summed E-state index contributed by atoms with van der Waals surface area (Å²) in [5.41, 5.74) is -3.35. The highest BCUT2D eigenvalue weighted by Gasteiger charge is 2.78. The van der Waals surface area contributed by atoms with Gasteiger partial charge in [-0.3, -0.25) is 19.2 Å². The Balaban J connectivity index is 1.95. The number of ether oxygens (including phenoxy) is 4. The molecule has 10 heteroatoms. The second-order valence-corrected chi connectivity index (χ2v) is 12.3. The third-order valence-corrected chi connectivity index (χ3v) is 9.77. The van der Waals surface area contributed by atoms with Crippen LogP contribution in [-0.4, -0.2) is 65.8 Å². The van der Waals surface area contributed by atoms with Crippen molar-refractivity contribution in [2.45, 2.75) is 79.6 Å². The van der Waals surface area contributed by atoms with E-state index < -0.39 is 64.4 Å². The fraction of sp³-hybridized carbons (Fsp3) is 0.645. The summed E-state index contributed by atoms with van der Waals surface area (Å²) in [5.74, 6) is -4.28. The third kappa shape index (κ3) is 4.64. The second kappa shape index (κ2) is 10.5. The summed E-state index contributed by atoms with van der Waals surface area (Å²) in [7, 11) is 0. The summed E-state index contributed by atoms with van der Waals surface area (Å²) < 4.78 is 22.4. The zero-order chi connectivity index (χ0) is 30.7. The fourth-order valence-electron chi connectivity index (χ4n) is 7.68. The van der Waals surface area contributed by atoms with Crippen LogP contribution in [0.1, 0.15) is 61.8 Å². The van der Waals surface area contributed by atoms with Crippen molar-refractivity contribution < 1.29 is 48.0 Å². The number of carbonyl (C=O) groups excluding carboxylic acids is 5. The molecule has 4 rings (SSSR count). The first-order valence-corrected chi connectivity index (χ1v) is 14.0. The van der Waals surface area contributed by atoms with Gasteiger partial charge in [0.05, 0.1) is 12.0 Å². The van der Waals surface area contributed by atoms with Crippen LogP contribution in [0.2, 0.25) is 0 Å². The predicted molar refractivity (Wildman–Crippen MR) is 145 cm³/mol. The highest BCUT2D eigenvalue weighted by atomic mass is 16.6. The van der Waals surface area contributed by atoms with Crippen LogP contribution < -0.4 is 0 Å². The van der Waals surface area contributed by atoms with E-state index in [2.05, 4.69) is 0 Å². The van der Waals surface area contributed by atoms with Gasteiger partial charge >= 0.3 is 23.9 Å². The number of carbonyl (C=O) groups is 5. The summed E-state index contributed by atoms with van der Waals surface area (Å²) in [5, 5.41) is 12.9. The maximum absolute atomic E-state index is 14.9. The van der Waals surface area contributed by atoms with Gasteiger partial charge in [-0.25, -0.2) is 4.79 Å². The van der Waals surface area contributed by atoms with Crippen LogP contribution in [-0.2, 0) is 42.9 Å². The van der Waals surface area contributed by atoms with Gasteiger partial charge in [-0.2, -0.15) is 0 Å². The molecule has 0 aliphatic heterocycles. The second-order valence-electron chi connectivity index (χ2n) is 12.3. The van der Waals surface area contributed by atoms with Gasteiger partial charge in [-0.05, 0) is 50.5 Å². The number of ketones is 1. The van der Waals surface area contributed by atoms with E-state index in [1.54, 1.807) is 39.0 Å². The van der Waals surface area contributed by atoms with Crippen molar-refractivity contribution in [3.63, 3.8) is 0 Å². The number of allylic oxidation sites excluding steroid dienone is 2. The molecular weight excluding hydrogens is 532 g/mol. The molecular formula is C31H40O10. The number of rotatable bonds is 7. The van der Waals surface area contributed by atoms with Crippen LogP contribution in [0.3, 0.4) is 0 Å². The smallest absolute Gasteiger partial charge is 0.334 e. The van der Waals surface area contributed by atoms with Gasteiger partial charge in [-0.1, -0.05) is 32.1 Å². The van der Waals surface area contributed by atoms with Crippen molar-refractivity contribution in [1.82, 2.24) is 0 Å². The maximum atomic E-state index is 14.9. The highest BCUT2D eigenvalue weighted by molar-refractivity contribution is 5.96. The quantitative estimate of drug-likeness (QED) is 0.209. The fourth-order valence-corrected chi connectivity index (χ4v) is 7.68. The van der Waals surface area contributed by atoms with E-state index in [9.17, 15) is 29.1 Å². The Bertz CT molecular complexity index is 1280. The minimum atomic E-state index is -2.23. The molecule has 1 spiro atoms. The molecule has 0 aromatic heterocycles. The van der Waals surface area contributed by atoms with Crippen molar-refractivity contribution in [1.29, 1.82) is 0 Å². The monoisotopic (exact) mass is 572 g/mol. The van der Waals surface area contributed by atoms with E-state index in [-0.39, 0.29) is 36.4 Å². The molecule has 2 bridgehead atoms. The number of hydrogen-bond donors (Lipinski definition) is 1. The number of aliphatic hydroxyl groups is 1. The Kier molecular flexibility index (Phi) is 7.88. The molecule has 224 valence electrons. The molecule has 2 fully saturated rings. The van der Waals surface area contributed by atoms with Gasteiger partial charge in [0.1, 0.15) is 6.61 Å². The lowest BCUT2D eigenvalue weighted by molar-refractivity contribution is -0.211. The van der Waals surface area contributed by atoms with Crippen molar-refractivity contribution in [3.05, 3.63) is 34.9 Å². The molecule has 0 amide bonds. The first kappa shape index (κ1) is 30.7. The number of fused-ring (bicyclic) bond motifs is 3. The van der Waals surface area contributed by atoms with Crippen LogP contribution in [0.5, 0.6) is 0 Å². The molecule has 9 atom stereocenters. The Morgan fingerprint density at radius 1 is 1.02 bits per heavy atom. The van der Waals surface area contributed by atoms with Crippen LogP contribution in [0, 0.1) is 34.5 Å². The van der Waals surface area contributed by atoms with Crippen molar-refractivity contribution in [2.24, 2.45) is 34.5 Å². The first-order valence-electron chi connectivity index (χ1n) is 14.0. The minimum Gasteiger partial charge on any atom is -0.465 e. The lowest BCUT2D eigenvalue weighted by Gasteiger charge is -2.49. The van der Waals surface area contributed by atoms with Crippen LogP contribution in [0.15, 0.2) is 34.9 Å². The summed E-state index contributed by atoms with van der Waals surface area (Å²) in [4.78, 5) is 64.0. The van der Waals surface area contributed by atoms with Gasteiger partial charge in [0.2, 0.25) is 0 Å². The molecule has 0 saturated heterocycles. The van der Waals surface area contributed by atoms with Crippen LogP contribution in [0.4, 0.5) is 0 Å². The van der Waals surface area contributed by atoms with E-state index in [4.69, 9.17) is 18.9 Å². The molecule has 2 saturated carbocycles. The zero-order valence-corrected chi connectivity index (χ0v) is 24.9. The number of Topliss-reactive ketones (excluding diaryl/α,β-unsaturated/α-hetero) is 1. The number of hydrogen-bond acceptors (Lipinski definition) is 10. The summed E-state index contributed by atoms with van der Waals surface area (Å²) in [6.07, 6.45) is 2.61. The topological polar surface area (TPSA) is 143 Å².